The number of urea groups is 1. The lowest BCUT2D eigenvalue weighted by Gasteiger charge is -2.31. The minimum Gasteiger partial charge on any atom is -0.463 e. The van der Waals surface area contributed by atoms with E-state index in [1.165, 1.54) is 12.1 Å². The molecule has 9 nitrogen and oxygen atoms in total. The minimum atomic E-state index is -0.726. The Morgan fingerprint density at radius 3 is 2.56 bits per heavy atom. The molecular formula is C18H22N4O5. The van der Waals surface area contributed by atoms with E-state index in [2.05, 4.69) is 15.5 Å². The number of ether oxygens (including phenoxy) is 1. The second kappa shape index (κ2) is 8.17. The van der Waals surface area contributed by atoms with Gasteiger partial charge in [0.05, 0.1) is 23.1 Å². The summed E-state index contributed by atoms with van der Waals surface area (Å²) in [6, 6.07) is 4.65. The molecule has 1 atom stereocenters. The Kier molecular flexibility index (Phi) is 5.70. The molecule has 0 saturated carbocycles. The van der Waals surface area contributed by atoms with E-state index in [9.17, 15) is 19.7 Å². The molecule has 2 heterocycles. The summed E-state index contributed by atoms with van der Waals surface area (Å²) in [7, 11) is 0. The van der Waals surface area contributed by atoms with Gasteiger partial charge in [0.15, 0.2) is 0 Å². The van der Waals surface area contributed by atoms with Crippen molar-refractivity contribution in [1.29, 1.82) is 0 Å². The molecule has 0 aliphatic carbocycles. The van der Waals surface area contributed by atoms with Crippen LogP contribution in [-0.2, 0) is 9.53 Å². The number of nitrogens with zero attached hydrogens (tertiary/aromatic N) is 2. The van der Waals surface area contributed by atoms with Gasteiger partial charge in [-0.15, -0.1) is 0 Å². The van der Waals surface area contributed by atoms with Crippen LogP contribution in [0.3, 0.4) is 0 Å². The molecule has 2 aliphatic heterocycles. The molecule has 0 aromatic heterocycles. The summed E-state index contributed by atoms with van der Waals surface area (Å²) >= 11 is 0. The quantitative estimate of drug-likeness (QED) is 0.446. The number of likely N-dealkylation sites (tertiary alicyclic amines) is 1. The van der Waals surface area contributed by atoms with Crippen LogP contribution in [0.25, 0.3) is 0 Å². The molecule has 2 aliphatic rings. The highest BCUT2D eigenvalue weighted by atomic mass is 16.6. The van der Waals surface area contributed by atoms with Crippen LogP contribution in [-0.4, -0.2) is 48.1 Å². The van der Waals surface area contributed by atoms with E-state index in [0.29, 0.717) is 23.4 Å². The largest absolute Gasteiger partial charge is 0.463 e. The summed E-state index contributed by atoms with van der Waals surface area (Å²) in [5, 5.41) is 16.3. The Morgan fingerprint density at radius 2 is 1.96 bits per heavy atom. The average molecular weight is 374 g/mol. The monoisotopic (exact) mass is 374 g/mol. The van der Waals surface area contributed by atoms with Crippen LogP contribution in [0.15, 0.2) is 35.5 Å². The summed E-state index contributed by atoms with van der Waals surface area (Å²) in [5.74, 6) is -0.512. The zero-order valence-electron chi connectivity index (χ0n) is 15.1. The van der Waals surface area contributed by atoms with Crippen LogP contribution >= 0.6 is 0 Å². The number of benzene rings is 1. The van der Waals surface area contributed by atoms with E-state index in [-0.39, 0.29) is 12.3 Å². The highest BCUT2D eigenvalue weighted by Crippen LogP contribution is 2.29. The summed E-state index contributed by atoms with van der Waals surface area (Å²) in [6.07, 6.45) is 2.17. The number of nitrogens with one attached hydrogen (secondary N) is 2. The lowest BCUT2D eigenvalue weighted by molar-refractivity contribution is -0.384. The fourth-order valence-corrected chi connectivity index (χ4v) is 3.40. The van der Waals surface area contributed by atoms with Crippen LogP contribution in [0.4, 0.5) is 10.5 Å². The molecule has 0 spiro atoms. The molecule has 0 radical (unpaired) electrons. The number of nitro groups is 1. The van der Waals surface area contributed by atoms with Crippen molar-refractivity contribution in [2.24, 2.45) is 0 Å². The van der Waals surface area contributed by atoms with E-state index < -0.39 is 23.0 Å². The topological polar surface area (TPSA) is 114 Å². The highest BCUT2D eigenvalue weighted by molar-refractivity contribution is 5.95. The van der Waals surface area contributed by atoms with Crippen molar-refractivity contribution in [2.75, 3.05) is 26.2 Å². The van der Waals surface area contributed by atoms with Crippen LogP contribution in [0.2, 0.25) is 0 Å². The summed E-state index contributed by atoms with van der Waals surface area (Å²) in [4.78, 5) is 37.4. The van der Waals surface area contributed by atoms with Gasteiger partial charge in [0.2, 0.25) is 0 Å². The standard InChI is InChI=1S/C18H22N4O5/c1-2-27-17(23)15-14(11-21-9-3-4-10-21)19-18(24)20-16(15)12-5-7-13(8-6-12)22(25)26/h5-8,16H,2-4,9-11H2,1H3,(H2,19,20,24). The van der Waals surface area contributed by atoms with Crippen LogP contribution in [0.5, 0.6) is 0 Å². The van der Waals surface area contributed by atoms with E-state index in [1.807, 2.05) is 0 Å². The normalized spacial score (nSPS) is 20.2. The lowest BCUT2D eigenvalue weighted by Crippen LogP contribution is -2.48. The third-order valence-corrected chi connectivity index (χ3v) is 4.67. The number of carbonyl (C=O) groups is 2. The molecule has 27 heavy (non-hydrogen) atoms. The molecule has 3 rings (SSSR count). The van der Waals surface area contributed by atoms with Crippen LogP contribution in [0, 0.1) is 10.1 Å². The smallest absolute Gasteiger partial charge is 0.338 e. The van der Waals surface area contributed by atoms with Crippen molar-refractivity contribution in [3.63, 3.8) is 0 Å². The number of esters is 1. The SMILES string of the molecule is CCOC(=O)C1=C(CN2CCCC2)NC(=O)NC1c1ccc([N+](=O)[O-])cc1. The van der Waals surface area contributed by atoms with Crippen molar-refractivity contribution in [1.82, 2.24) is 15.5 Å². The van der Waals surface area contributed by atoms with Crippen molar-refractivity contribution >= 4 is 17.7 Å². The van der Waals surface area contributed by atoms with Crippen molar-refractivity contribution in [3.05, 3.63) is 51.2 Å². The Balaban J connectivity index is 1.98. The summed E-state index contributed by atoms with van der Waals surface area (Å²) < 4.78 is 5.21. The van der Waals surface area contributed by atoms with Gasteiger partial charge in [-0.1, -0.05) is 0 Å². The van der Waals surface area contributed by atoms with Gasteiger partial charge >= 0.3 is 12.0 Å². The molecule has 2 amide bonds. The molecule has 1 aromatic rings. The van der Waals surface area contributed by atoms with E-state index in [1.54, 1.807) is 19.1 Å². The highest BCUT2D eigenvalue weighted by Gasteiger charge is 2.34. The second-order valence-corrected chi connectivity index (χ2v) is 6.48. The van der Waals surface area contributed by atoms with Crippen molar-refractivity contribution < 1.29 is 19.2 Å². The van der Waals surface area contributed by atoms with Crippen LogP contribution in [0.1, 0.15) is 31.4 Å². The maximum Gasteiger partial charge on any atom is 0.338 e. The maximum absolute atomic E-state index is 12.6. The first-order chi connectivity index (χ1) is 13.0. The first kappa shape index (κ1) is 18.8. The fourth-order valence-electron chi connectivity index (χ4n) is 3.40. The minimum absolute atomic E-state index is 0.0574. The predicted octanol–water partition coefficient (Wildman–Crippen LogP) is 1.86. The first-order valence-electron chi connectivity index (χ1n) is 8.94. The van der Waals surface area contributed by atoms with Gasteiger partial charge in [-0.2, -0.15) is 0 Å². The number of amides is 2. The Labute approximate surface area is 156 Å². The fraction of sp³-hybridized carbons (Fsp3) is 0.444. The number of non-ortho nitro benzene ring substituents is 1. The molecule has 2 N–H and O–H groups in total. The summed E-state index contributed by atoms with van der Waals surface area (Å²) in [6.45, 7) is 4.19. The van der Waals surface area contributed by atoms with Gasteiger partial charge in [0.1, 0.15) is 0 Å². The maximum atomic E-state index is 12.6. The Morgan fingerprint density at radius 1 is 1.30 bits per heavy atom. The average Bonchev–Trinajstić information content (AvgIpc) is 3.14. The molecule has 144 valence electrons. The Hall–Kier alpha value is -2.94. The van der Waals surface area contributed by atoms with Crippen molar-refractivity contribution in [3.8, 4) is 0 Å². The molecular weight excluding hydrogens is 352 g/mol. The Bertz CT molecular complexity index is 768. The lowest BCUT2D eigenvalue weighted by atomic mass is 9.94. The molecule has 9 heteroatoms. The van der Waals surface area contributed by atoms with Gasteiger partial charge in [-0.3, -0.25) is 15.0 Å². The zero-order chi connectivity index (χ0) is 19.4. The number of hydrogen-bond donors (Lipinski definition) is 2. The molecule has 1 aromatic carbocycles. The van der Waals surface area contributed by atoms with E-state index in [0.717, 1.165) is 25.9 Å². The van der Waals surface area contributed by atoms with Gasteiger partial charge in [-0.25, -0.2) is 9.59 Å². The first-order valence-corrected chi connectivity index (χ1v) is 8.94. The second-order valence-electron chi connectivity index (χ2n) is 6.48. The van der Waals surface area contributed by atoms with Gasteiger partial charge in [-0.05, 0) is 50.6 Å². The number of hydrogen-bond acceptors (Lipinski definition) is 6. The van der Waals surface area contributed by atoms with Gasteiger partial charge in [0.25, 0.3) is 5.69 Å². The molecule has 0 bridgehead atoms. The van der Waals surface area contributed by atoms with Gasteiger partial charge < -0.3 is 15.4 Å². The third-order valence-electron chi connectivity index (χ3n) is 4.67. The number of carbonyl (C=O) groups excluding carboxylic acids is 2. The van der Waals surface area contributed by atoms with E-state index >= 15 is 0 Å². The number of rotatable bonds is 6. The van der Waals surface area contributed by atoms with Gasteiger partial charge in [0, 0.05) is 24.4 Å². The van der Waals surface area contributed by atoms with Crippen LogP contribution < -0.4 is 10.6 Å². The predicted molar refractivity (Wildman–Crippen MR) is 96.8 cm³/mol. The van der Waals surface area contributed by atoms with Crippen molar-refractivity contribution in [2.45, 2.75) is 25.8 Å². The zero-order valence-corrected chi connectivity index (χ0v) is 15.1. The van der Waals surface area contributed by atoms with E-state index in [4.69, 9.17) is 4.74 Å². The molecule has 1 fully saturated rings. The summed E-state index contributed by atoms with van der Waals surface area (Å²) in [5.41, 5.74) is 1.37. The third kappa shape index (κ3) is 4.25. The number of nitro benzene ring substituents is 1. The molecule has 1 unspecified atom stereocenters. The molecule has 1 saturated heterocycles.